The van der Waals surface area contributed by atoms with Gasteiger partial charge in [0.15, 0.2) is 0 Å². The topological polar surface area (TPSA) is 75.7 Å². The van der Waals surface area contributed by atoms with Gasteiger partial charge in [-0.05, 0) is 31.0 Å². The SMILES string of the molecule is CCCCNC(=O)CN(C)S(=O)(=O)c1cc(C)ccc1OC. The molecule has 124 valence electrons. The molecule has 0 atom stereocenters. The van der Waals surface area contributed by atoms with Crippen LogP contribution in [0.15, 0.2) is 23.1 Å². The lowest BCUT2D eigenvalue weighted by Gasteiger charge is -2.19. The molecule has 0 radical (unpaired) electrons. The van der Waals surface area contributed by atoms with Gasteiger partial charge in [-0.25, -0.2) is 8.42 Å². The molecule has 0 heterocycles. The molecule has 0 aliphatic carbocycles. The number of carbonyl (C=O) groups excluding carboxylic acids is 1. The van der Waals surface area contributed by atoms with E-state index in [-0.39, 0.29) is 23.1 Å². The average molecular weight is 328 g/mol. The summed E-state index contributed by atoms with van der Waals surface area (Å²) < 4.78 is 31.3. The lowest BCUT2D eigenvalue weighted by Crippen LogP contribution is -2.38. The van der Waals surface area contributed by atoms with Crippen molar-refractivity contribution < 1.29 is 17.9 Å². The van der Waals surface area contributed by atoms with Crippen molar-refractivity contribution in [1.29, 1.82) is 0 Å². The molecule has 6 nitrogen and oxygen atoms in total. The van der Waals surface area contributed by atoms with Gasteiger partial charge in [0, 0.05) is 13.6 Å². The molecule has 1 N–H and O–H groups in total. The van der Waals surface area contributed by atoms with Gasteiger partial charge in [-0.2, -0.15) is 4.31 Å². The maximum Gasteiger partial charge on any atom is 0.246 e. The predicted octanol–water partition coefficient (Wildman–Crippen LogP) is 1.54. The van der Waals surface area contributed by atoms with Crippen molar-refractivity contribution in [1.82, 2.24) is 9.62 Å². The van der Waals surface area contributed by atoms with Crippen LogP contribution in [0.25, 0.3) is 0 Å². The molecule has 1 aromatic rings. The number of benzene rings is 1. The van der Waals surface area contributed by atoms with Gasteiger partial charge in [0.25, 0.3) is 0 Å². The van der Waals surface area contributed by atoms with Crippen LogP contribution >= 0.6 is 0 Å². The van der Waals surface area contributed by atoms with Crippen LogP contribution in [-0.4, -0.2) is 45.9 Å². The molecular weight excluding hydrogens is 304 g/mol. The smallest absolute Gasteiger partial charge is 0.246 e. The highest BCUT2D eigenvalue weighted by Crippen LogP contribution is 2.26. The minimum absolute atomic E-state index is 0.0684. The number of nitrogens with zero attached hydrogens (tertiary/aromatic N) is 1. The molecule has 7 heteroatoms. The number of hydrogen-bond donors (Lipinski definition) is 1. The number of sulfonamides is 1. The largest absolute Gasteiger partial charge is 0.495 e. The van der Waals surface area contributed by atoms with Crippen LogP contribution in [0.5, 0.6) is 5.75 Å². The quantitative estimate of drug-likeness (QED) is 0.735. The molecule has 22 heavy (non-hydrogen) atoms. The number of methoxy groups -OCH3 is 1. The van der Waals surface area contributed by atoms with Crippen LogP contribution in [0, 0.1) is 6.92 Å². The molecule has 0 saturated heterocycles. The molecule has 0 fully saturated rings. The average Bonchev–Trinajstić information content (AvgIpc) is 2.47. The van der Waals surface area contributed by atoms with Crippen molar-refractivity contribution in [3.8, 4) is 5.75 Å². The molecule has 0 aliphatic rings. The third-order valence-corrected chi connectivity index (χ3v) is 5.05. The normalized spacial score (nSPS) is 11.5. The van der Waals surface area contributed by atoms with Crippen LogP contribution in [0.2, 0.25) is 0 Å². The highest BCUT2D eigenvalue weighted by molar-refractivity contribution is 7.89. The lowest BCUT2D eigenvalue weighted by atomic mass is 10.2. The fraction of sp³-hybridized carbons (Fsp3) is 0.533. The van der Waals surface area contributed by atoms with Crippen LogP contribution in [0.4, 0.5) is 0 Å². The second-order valence-corrected chi connectivity index (χ2v) is 7.13. The number of carbonyl (C=O) groups is 1. The number of ether oxygens (including phenoxy) is 1. The van der Waals surface area contributed by atoms with Crippen molar-refractivity contribution in [3.63, 3.8) is 0 Å². The first-order valence-corrected chi connectivity index (χ1v) is 8.64. The summed E-state index contributed by atoms with van der Waals surface area (Å²) in [7, 11) is -0.979. The predicted molar refractivity (Wildman–Crippen MR) is 85.5 cm³/mol. The highest BCUT2D eigenvalue weighted by atomic mass is 32.2. The van der Waals surface area contributed by atoms with E-state index in [0.29, 0.717) is 6.54 Å². The molecule has 0 spiro atoms. The second kappa shape index (κ2) is 8.14. The molecule has 0 saturated carbocycles. The summed E-state index contributed by atoms with van der Waals surface area (Å²) in [6.45, 7) is 4.16. The van der Waals surface area contributed by atoms with E-state index in [0.717, 1.165) is 22.7 Å². The lowest BCUT2D eigenvalue weighted by molar-refractivity contribution is -0.121. The van der Waals surface area contributed by atoms with Crippen LogP contribution in [-0.2, 0) is 14.8 Å². The molecule has 0 aliphatic heterocycles. The fourth-order valence-electron chi connectivity index (χ4n) is 1.90. The van der Waals surface area contributed by atoms with E-state index < -0.39 is 10.0 Å². The summed E-state index contributed by atoms with van der Waals surface area (Å²) >= 11 is 0. The zero-order chi connectivity index (χ0) is 16.8. The summed E-state index contributed by atoms with van der Waals surface area (Å²) in [5.41, 5.74) is 0.806. The Morgan fingerprint density at radius 2 is 2.05 bits per heavy atom. The minimum atomic E-state index is -3.78. The summed E-state index contributed by atoms with van der Waals surface area (Å²) in [4.78, 5) is 11.8. The van der Waals surface area contributed by atoms with E-state index in [1.807, 2.05) is 6.92 Å². The Kier molecular flexibility index (Phi) is 6.83. The zero-order valence-electron chi connectivity index (χ0n) is 13.5. The molecule has 0 aromatic heterocycles. The van der Waals surface area contributed by atoms with Gasteiger partial charge >= 0.3 is 0 Å². The summed E-state index contributed by atoms with van der Waals surface area (Å²) in [6.07, 6.45) is 1.84. The molecule has 1 rings (SSSR count). The van der Waals surface area contributed by atoms with E-state index in [4.69, 9.17) is 4.74 Å². The summed E-state index contributed by atoms with van der Waals surface area (Å²) in [5.74, 6) is -0.0463. The van der Waals surface area contributed by atoms with E-state index in [2.05, 4.69) is 5.32 Å². The highest BCUT2D eigenvalue weighted by Gasteiger charge is 2.26. The van der Waals surface area contributed by atoms with E-state index in [9.17, 15) is 13.2 Å². The van der Waals surface area contributed by atoms with Crippen molar-refractivity contribution in [3.05, 3.63) is 23.8 Å². The van der Waals surface area contributed by atoms with Gasteiger partial charge in [0.2, 0.25) is 15.9 Å². The molecule has 0 bridgehead atoms. The first kappa shape index (κ1) is 18.4. The third kappa shape index (κ3) is 4.71. The van der Waals surface area contributed by atoms with E-state index in [1.165, 1.54) is 14.2 Å². The number of unbranched alkanes of at least 4 members (excludes halogenated alkanes) is 1. The van der Waals surface area contributed by atoms with Gasteiger partial charge in [-0.15, -0.1) is 0 Å². The summed E-state index contributed by atoms with van der Waals surface area (Å²) in [5, 5.41) is 2.70. The maximum absolute atomic E-state index is 12.6. The second-order valence-electron chi connectivity index (χ2n) is 5.12. The Bertz CT molecular complexity index is 614. The number of hydrogen-bond acceptors (Lipinski definition) is 4. The van der Waals surface area contributed by atoms with Crippen LogP contribution in [0.1, 0.15) is 25.3 Å². The Hall–Kier alpha value is -1.60. The van der Waals surface area contributed by atoms with Gasteiger partial charge in [0.1, 0.15) is 10.6 Å². The molecular formula is C15H24N2O4S. The van der Waals surface area contributed by atoms with Crippen molar-refractivity contribution in [2.45, 2.75) is 31.6 Å². The van der Waals surface area contributed by atoms with Crippen LogP contribution < -0.4 is 10.1 Å². The van der Waals surface area contributed by atoms with Crippen molar-refractivity contribution in [2.75, 3.05) is 27.2 Å². The Balaban J connectivity index is 2.89. The maximum atomic E-state index is 12.6. The molecule has 0 unspecified atom stereocenters. The van der Waals surface area contributed by atoms with E-state index >= 15 is 0 Å². The minimum Gasteiger partial charge on any atom is -0.495 e. The first-order valence-electron chi connectivity index (χ1n) is 7.20. The number of amides is 1. The number of aryl methyl sites for hydroxylation is 1. The summed E-state index contributed by atoms with van der Waals surface area (Å²) in [6, 6.07) is 4.92. The standard InChI is InChI=1S/C15H24N2O4S/c1-5-6-9-16-15(18)11-17(3)22(19,20)14-10-12(2)7-8-13(14)21-4/h7-8,10H,5-6,9,11H2,1-4H3,(H,16,18). The molecule has 1 amide bonds. The van der Waals surface area contributed by atoms with Gasteiger partial charge in [-0.3, -0.25) is 4.79 Å². The Morgan fingerprint density at radius 1 is 1.36 bits per heavy atom. The first-order chi connectivity index (χ1) is 10.3. The fourth-order valence-corrected chi connectivity index (χ4v) is 3.26. The monoisotopic (exact) mass is 328 g/mol. The third-order valence-electron chi connectivity index (χ3n) is 3.23. The zero-order valence-corrected chi connectivity index (χ0v) is 14.4. The Morgan fingerprint density at radius 3 is 2.64 bits per heavy atom. The van der Waals surface area contributed by atoms with E-state index in [1.54, 1.807) is 25.1 Å². The van der Waals surface area contributed by atoms with Gasteiger partial charge < -0.3 is 10.1 Å². The number of nitrogens with one attached hydrogen (secondary N) is 1. The number of rotatable bonds is 8. The van der Waals surface area contributed by atoms with Gasteiger partial charge in [0.05, 0.1) is 13.7 Å². The van der Waals surface area contributed by atoms with Gasteiger partial charge in [-0.1, -0.05) is 19.4 Å². The van der Waals surface area contributed by atoms with Crippen LogP contribution in [0.3, 0.4) is 0 Å². The number of likely N-dealkylation sites (N-methyl/N-ethyl adjacent to an activating group) is 1. The van der Waals surface area contributed by atoms with Crippen molar-refractivity contribution >= 4 is 15.9 Å². The van der Waals surface area contributed by atoms with Crippen molar-refractivity contribution in [2.24, 2.45) is 0 Å². The molecule has 1 aromatic carbocycles. The Labute approximate surface area is 132 Å².